The first-order valence-corrected chi connectivity index (χ1v) is 7.83. The van der Waals surface area contributed by atoms with E-state index in [1.54, 1.807) is 4.90 Å². The molecule has 2 saturated heterocycles. The van der Waals surface area contributed by atoms with Crippen LogP contribution in [0.5, 0.6) is 0 Å². The molecule has 0 unspecified atom stereocenters. The molecular formula is C18H19NO4. The molecule has 0 aromatic heterocycles. The Morgan fingerprint density at radius 3 is 2.83 bits per heavy atom. The summed E-state index contributed by atoms with van der Waals surface area (Å²) in [6.45, 7) is 3.06. The maximum absolute atomic E-state index is 12.9. The summed E-state index contributed by atoms with van der Waals surface area (Å²) in [5.74, 6) is -1.37. The Kier molecular flexibility index (Phi) is 3.10. The van der Waals surface area contributed by atoms with Gasteiger partial charge in [-0.3, -0.25) is 9.59 Å². The molecule has 0 N–H and O–H groups in total. The first-order chi connectivity index (χ1) is 11.0. The number of fused-ring (bicyclic) bond motifs is 1. The van der Waals surface area contributed by atoms with Crippen molar-refractivity contribution < 1.29 is 19.1 Å². The average molecular weight is 313 g/mol. The van der Waals surface area contributed by atoms with Crippen molar-refractivity contribution >= 4 is 11.9 Å². The van der Waals surface area contributed by atoms with Gasteiger partial charge in [0.2, 0.25) is 5.91 Å². The smallest absolute Gasteiger partial charge is 0.312 e. The van der Waals surface area contributed by atoms with Gasteiger partial charge in [-0.25, -0.2) is 0 Å². The number of amides is 1. The van der Waals surface area contributed by atoms with E-state index in [-0.39, 0.29) is 18.0 Å². The van der Waals surface area contributed by atoms with Crippen LogP contribution < -0.4 is 0 Å². The summed E-state index contributed by atoms with van der Waals surface area (Å²) in [4.78, 5) is 26.8. The van der Waals surface area contributed by atoms with Crippen molar-refractivity contribution in [2.45, 2.75) is 25.2 Å². The first-order valence-electron chi connectivity index (χ1n) is 7.83. The number of aryl methyl sites for hydroxylation is 1. The van der Waals surface area contributed by atoms with E-state index in [0.29, 0.717) is 13.1 Å². The number of nitrogens with zero attached hydrogens (tertiary/aromatic N) is 1. The summed E-state index contributed by atoms with van der Waals surface area (Å²) in [7, 11) is 1.36. The summed E-state index contributed by atoms with van der Waals surface area (Å²) < 4.78 is 10.9. The lowest BCUT2D eigenvalue weighted by Gasteiger charge is -2.22. The molecule has 1 aromatic carbocycles. The van der Waals surface area contributed by atoms with E-state index in [4.69, 9.17) is 9.47 Å². The maximum Gasteiger partial charge on any atom is 0.312 e. The molecule has 1 amide bonds. The second-order valence-electron chi connectivity index (χ2n) is 6.60. The molecule has 0 aliphatic carbocycles. The van der Waals surface area contributed by atoms with Gasteiger partial charge in [-0.15, -0.1) is 0 Å². The molecule has 2 fully saturated rings. The van der Waals surface area contributed by atoms with Gasteiger partial charge in [0.15, 0.2) is 0 Å². The fourth-order valence-electron chi connectivity index (χ4n) is 4.03. The van der Waals surface area contributed by atoms with Crippen molar-refractivity contribution in [2.75, 3.05) is 13.7 Å². The minimum atomic E-state index is -0.661. The van der Waals surface area contributed by atoms with Gasteiger partial charge < -0.3 is 14.4 Å². The third-order valence-electron chi connectivity index (χ3n) is 5.15. The molecule has 1 aromatic rings. The molecule has 120 valence electrons. The summed E-state index contributed by atoms with van der Waals surface area (Å²) in [5.41, 5.74) is 1.60. The third kappa shape index (κ3) is 2.03. The largest absolute Gasteiger partial charge is 0.469 e. The van der Waals surface area contributed by atoms with Crippen molar-refractivity contribution in [2.24, 2.45) is 11.8 Å². The molecule has 4 atom stereocenters. The zero-order valence-corrected chi connectivity index (χ0v) is 13.2. The van der Waals surface area contributed by atoms with Crippen LogP contribution in [0.3, 0.4) is 0 Å². The molecule has 1 spiro atoms. The van der Waals surface area contributed by atoms with Gasteiger partial charge in [0.05, 0.1) is 25.7 Å². The van der Waals surface area contributed by atoms with Crippen LogP contribution in [0.25, 0.3) is 0 Å². The van der Waals surface area contributed by atoms with Crippen LogP contribution in [0.2, 0.25) is 0 Å². The van der Waals surface area contributed by atoms with E-state index in [0.717, 1.165) is 5.56 Å². The normalized spacial score (nSPS) is 34.1. The number of carbonyl (C=O) groups excluding carboxylic acids is 2. The van der Waals surface area contributed by atoms with Crippen molar-refractivity contribution in [1.82, 2.24) is 4.90 Å². The van der Waals surface area contributed by atoms with Crippen molar-refractivity contribution in [3.05, 3.63) is 47.5 Å². The number of ether oxygens (including phenoxy) is 2. The van der Waals surface area contributed by atoms with E-state index < -0.39 is 17.4 Å². The van der Waals surface area contributed by atoms with Crippen LogP contribution in [0.1, 0.15) is 11.1 Å². The van der Waals surface area contributed by atoms with Crippen LogP contribution in [-0.4, -0.2) is 42.1 Å². The summed E-state index contributed by atoms with van der Waals surface area (Å²) in [5, 5.41) is 0. The van der Waals surface area contributed by atoms with E-state index in [2.05, 4.69) is 0 Å². The number of esters is 1. The number of methoxy groups -OCH3 is 1. The lowest BCUT2D eigenvalue weighted by Crippen LogP contribution is -2.39. The lowest BCUT2D eigenvalue weighted by atomic mass is 9.77. The molecular weight excluding hydrogens is 294 g/mol. The Balaban J connectivity index is 1.60. The monoisotopic (exact) mass is 313 g/mol. The number of hydrogen-bond acceptors (Lipinski definition) is 4. The average Bonchev–Trinajstić information content (AvgIpc) is 3.18. The van der Waals surface area contributed by atoms with Gasteiger partial charge in [-0.1, -0.05) is 42.0 Å². The molecule has 4 rings (SSSR count). The quantitative estimate of drug-likeness (QED) is 0.626. The molecule has 3 aliphatic heterocycles. The Labute approximate surface area is 134 Å². The van der Waals surface area contributed by atoms with Crippen LogP contribution in [0.4, 0.5) is 0 Å². The number of carbonyl (C=O) groups is 2. The Morgan fingerprint density at radius 2 is 2.13 bits per heavy atom. The number of likely N-dealkylation sites (tertiary alicyclic amines) is 1. The Bertz CT molecular complexity index is 695. The molecule has 5 nitrogen and oxygen atoms in total. The predicted molar refractivity (Wildman–Crippen MR) is 82.3 cm³/mol. The van der Waals surface area contributed by atoms with Gasteiger partial charge in [0, 0.05) is 6.54 Å². The zero-order valence-electron chi connectivity index (χ0n) is 13.2. The second kappa shape index (κ2) is 4.93. The van der Waals surface area contributed by atoms with Crippen LogP contribution in [0, 0.1) is 18.8 Å². The highest BCUT2D eigenvalue weighted by atomic mass is 16.5. The van der Waals surface area contributed by atoms with E-state index >= 15 is 0 Å². The molecule has 0 radical (unpaired) electrons. The van der Waals surface area contributed by atoms with Crippen molar-refractivity contribution in [3.63, 3.8) is 0 Å². The molecule has 23 heavy (non-hydrogen) atoms. The Morgan fingerprint density at radius 1 is 1.39 bits per heavy atom. The van der Waals surface area contributed by atoms with Crippen LogP contribution in [0.15, 0.2) is 36.4 Å². The lowest BCUT2D eigenvalue weighted by molar-refractivity contribution is -0.151. The molecule has 3 heterocycles. The third-order valence-corrected chi connectivity index (χ3v) is 5.15. The highest BCUT2D eigenvalue weighted by Gasteiger charge is 2.67. The van der Waals surface area contributed by atoms with E-state index in [1.165, 1.54) is 12.7 Å². The fraction of sp³-hybridized carbons (Fsp3) is 0.444. The zero-order chi connectivity index (χ0) is 16.2. The minimum absolute atomic E-state index is 0.0205. The van der Waals surface area contributed by atoms with Crippen molar-refractivity contribution in [3.8, 4) is 0 Å². The summed E-state index contributed by atoms with van der Waals surface area (Å²) in [6.07, 6.45) is 3.51. The second-order valence-corrected chi connectivity index (χ2v) is 6.60. The topological polar surface area (TPSA) is 55.8 Å². The van der Waals surface area contributed by atoms with Crippen molar-refractivity contribution in [1.29, 1.82) is 0 Å². The highest BCUT2D eigenvalue weighted by Crippen LogP contribution is 2.52. The number of hydrogen-bond donors (Lipinski definition) is 0. The van der Waals surface area contributed by atoms with Gasteiger partial charge in [0.1, 0.15) is 11.5 Å². The minimum Gasteiger partial charge on any atom is -0.469 e. The van der Waals surface area contributed by atoms with E-state index in [9.17, 15) is 9.59 Å². The summed E-state index contributed by atoms with van der Waals surface area (Å²) >= 11 is 0. The molecule has 5 heteroatoms. The Hall–Kier alpha value is -2.14. The fourth-order valence-corrected chi connectivity index (χ4v) is 4.03. The first kappa shape index (κ1) is 14.5. The summed E-state index contributed by atoms with van der Waals surface area (Å²) in [6, 6.07) is 8.13. The van der Waals surface area contributed by atoms with Crippen LogP contribution in [-0.2, 0) is 25.6 Å². The van der Waals surface area contributed by atoms with Gasteiger partial charge in [-0.2, -0.15) is 0 Å². The van der Waals surface area contributed by atoms with Gasteiger partial charge >= 0.3 is 5.97 Å². The van der Waals surface area contributed by atoms with Gasteiger partial charge in [-0.05, 0) is 12.5 Å². The molecule has 3 aliphatic rings. The SMILES string of the molecule is COC(=O)[C@H]1[C@@H]2C=C[C@]3(CN(Cc4ccc(C)cc4)C(=O)[C@@H]13)O2. The maximum atomic E-state index is 12.9. The predicted octanol–water partition coefficient (Wildman–Crippen LogP) is 1.45. The standard InChI is InChI=1S/C18H19NO4/c1-11-3-5-12(6-4-11)9-19-10-18-8-7-13(23-18)14(17(21)22-2)15(18)16(19)20/h3-8,13-15H,9-10H2,1-2H3/t13-,14-,15+,18+/m0/s1. The van der Waals surface area contributed by atoms with Crippen LogP contribution >= 0.6 is 0 Å². The number of rotatable bonds is 3. The van der Waals surface area contributed by atoms with Gasteiger partial charge in [0.25, 0.3) is 0 Å². The molecule has 2 bridgehead atoms. The number of benzene rings is 1. The highest BCUT2D eigenvalue weighted by molar-refractivity contribution is 5.91. The molecule has 0 saturated carbocycles. The van der Waals surface area contributed by atoms with E-state index in [1.807, 2.05) is 43.3 Å².